The van der Waals surface area contributed by atoms with Gasteiger partial charge in [0.1, 0.15) is 10.7 Å². The molecule has 0 saturated carbocycles. The first-order valence-electron chi connectivity index (χ1n) is 7.55. The predicted molar refractivity (Wildman–Crippen MR) is 86.7 cm³/mol. The number of sulfonamides is 1. The zero-order valence-corrected chi connectivity index (χ0v) is 14.2. The molecule has 0 aliphatic heterocycles. The molecule has 23 heavy (non-hydrogen) atoms. The zero-order valence-electron chi connectivity index (χ0n) is 13.4. The number of amides is 1. The first-order chi connectivity index (χ1) is 10.8. The Morgan fingerprint density at radius 1 is 1.26 bits per heavy atom. The Morgan fingerprint density at radius 2 is 1.87 bits per heavy atom. The van der Waals surface area contributed by atoms with Crippen molar-refractivity contribution in [2.45, 2.75) is 43.5 Å². The number of nitrogens with two attached hydrogens (primary N) is 1. The molecule has 0 bridgehead atoms. The van der Waals surface area contributed by atoms with Gasteiger partial charge in [0, 0.05) is 19.5 Å². The number of benzene rings is 1. The molecule has 1 amide bonds. The average Bonchev–Trinajstić information content (AvgIpc) is 2.53. The van der Waals surface area contributed by atoms with Crippen molar-refractivity contribution in [2.75, 3.05) is 13.1 Å². The molecule has 6 nitrogen and oxygen atoms in total. The normalized spacial score (nSPS) is 12.2. The molecule has 1 aromatic carbocycles. The third kappa shape index (κ3) is 5.26. The molecule has 130 valence electrons. The summed E-state index contributed by atoms with van der Waals surface area (Å²) in [6.45, 7) is 4.05. The van der Waals surface area contributed by atoms with Crippen molar-refractivity contribution >= 4 is 15.9 Å². The van der Waals surface area contributed by atoms with E-state index in [1.165, 1.54) is 18.2 Å². The predicted octanol–water partition coefficient (Wildman–Crippen LogP) is 1.13. The molecule has 0 aliphatic carbocycles. The fourth-order valence-electron chi connectivity index (χ4n) is 2.16. The van der Waals surface area contributed by atoms with Crippen LogP contribution in [0, 0.1) is 5.82 Å². The van der Waals surface area contributed by atoms with Gasteiger partial charge in [-0.1, -0.05) is 26.0 Å². The SMILES string of the molecule is CCC(CC)(CN)NC(=O)CCNS(=O)(=O)c1ccccc1F. The highest BCUT2D eigenvalue weighted by Gasteiger charge is 2.26. The van der Waals surface area contributed by atoms with E-state index >= 15 is 0 Å². The van der Waals surface area contributed by atoms with Gasteiger partial charge < -0.3 is 11.1 Å². The molecule has 0 atom stereocenters. The second-order valence-corrected chi connectivity index (χ2v) is 7.05. The quantitative estimate of drug-likeness (QED) is 0.624. The van der Waals surface area contributed by atoms with Gasteiger partial charge in [-0.05, 0) is 25.0 Å². The second-order valence-electron chi connectivity index (χ2n) is 5.32. The third-order valence-corrected chi connectivity index (χ3v) is 5.41. The summed E-state index contributed by atoms with van der Waals surface area (Å²) in [7, 11) is -3.98. The van der Waals surface area contributed by atoms with Crippen LogP contribution in [-0.4, -0.2) is 33.0 Å². The molecular weight excluding hydrogens is 321 g/mol. The topological polar surface area (TPSA) is 101 Å². The lowest BCUT2D eigenvalue weighted by Gasteiger charge is -2.31. The molecule has 0 spiro atoms. The highest BCUT2D eigenvalue weighted by molar-refractivity contribution is 7.89. The number of carbonyl (C=O) groups excluding carboxylic acids is 1. The summed E-state index contributed by atoms with van der Waals surface area (Å²) in [5.41, 5.74) is 5.23. The molecule has 8 heteroatoms. The van der Waals surface area contributed by atoms with E-state index in [1.54, 1.807) is 0 Å². The van der Waals surface area contributed by atoms with E-state index in [0.717, 1.165) is 6.07 Å². The minimum Gasteiger partial charge on any atom is -0.349 e. The van der Waals surface area contributed by atoms with Crippen LogP contribution in [0.3, 0.4) is 0 Å². The first-order valence-corrected chi connectivity index (χ1v) is 9.04. The zero-order chi connectivity index (χ0) is 17.5. The Morgan fingerprint density at radius 3 is 2.39 bits per heavy atom. The van der Waals surface area contributed by atoms with Gasteiger partial charge >= 0.3 is 0 Å². The Kier molecular flexibility index (Phi) is 7.11. The standard InChI is InChI=1S/C15H24FN3O3S/c1-3-15(4-2,11-17)19-14(20)9-10-18-23(21,22)13-8-6-5-7-12(13)16/h5-8,18H,3-4,9-11,17H2,1-2H3,(H,19,20). The van der Waals surface area contributed by atoms with Gasteiger partial charge in [0.2, 0.25) is 15.9 Å². The van der Waals surface area contributed by atoms with Gasteiger partial charge in [0.05, 0.1) is 5.54 Å². The number of nitrogens with one attached hydrogen (secondary N) is 2. The highest BCUT2D eigenvalue weighted by atomic mass is 32.2. The van der Waals surface area contributed by atoms with Crippen molar-refractivity contribution in [2.24, 2.45) is 5.73 Å². The van der Waals surface area contributed by atoms with Crippen LogP contribution >= 0.6 is 0 Å². The van der Waals surface area contributed by atoms with E-state index in [1.807, 2.05) is 13.8 Å². The molecule has 0 fully saturated rings. The van der Waals surface area contributed by atoms with Gasteiger partial charge in [0.25, 0.3) is 0 Å². The smallest absolute Gasteiger partial charge is 0.243 e. The summed E-state index contributed by atoms with van der Waals surface area (Å²) in [5.74, 6) is -1.13. The Bertz CT molecular complexity index is 622. The molecule has 0 saturated heterocycles. The van der Waals surface area contributed by atoms with Crippen LogP contribution < -0.4 is 15.8 Å². The summed E-state index contributed by atoms with van der Waals surface area (Å²) >= 11 is 0. The van der Waals surface area contributed by atoms with Crippen LogP contribution in [0.25, 0.3) is 0 Å². The van der Waals surface area contributed by atoms with E-state index in [0.29, 0.717) is 19.4 Å². The molecule has 0 radical (unpaired) electrons. The fourth-order valence-corrected chi connectivity index (χ4v) is 3.27. The first kappa shape index (κ1) is 19.5. The molecule has 0 unspecified atom stereocenters. The maximum absolute atomic E-state index is 13.5. The number of hydrogen-bond acceptors (Lipinski definition) is 4. The van der Waals surface area contributed by atoms with Crippen molar-refractivity contribution in [3.8, 4) is 0 Å². The van der Waals surface area contributed by atoms with Crippen LogP contribution in [0.5, 0.6) is 0 Å². The lowest BCUT2D eigenvalue weighted by atomic mass is 9.93. The van der Waals surface area contributed by atoms with E-state index < -0.39 is 26.3 Å². The maximum Gasteiger partial charge on any atom is 0.243 e. The van der Waals surface area contributed by atoms with Gasteiger partial charge in [0.15, 0.2) is 0 Å². The molecular formula is C15H24FN3O3S. The number of halogens is 1. The van der Waals surface area contributed by atoms with Crippen molar-refractivity contribution in [3.05, 3.63) is 30.1 Å². The largest absolute Gasteiger partial charge is 0.349 e. The van der Waals surface area contributed by atoms with Crippen molar-refractivity contribution in [1.29, 1.82) is 0 Å². The summed E-state index contributed by atoms with van der Waals surface area (Å²) in [6.07, 6.45) is 1.33. The Balaban J connectivity index is 2.60. The lowest BCUT2D eigenvalue weighted by Crippen LogP contribution is -2.53. The average molecular weight is 345 g/mol. The van der Waals surface area contributed by atoms with Crippen LogP contribution in [0.1, 0.15) is 33.1 Å². The van der Waals surface area contributed by atoms with Crippen LogP contribution in [-0.2, 0) is 14.8 Å². The van der Waals surface area contributed by atoms with E-state index in [9.17, 15) is 17.6 Å². The van der Waals surface area contributed by atoms with Crippen LogP contribution in [0.4, 0.5) is 4.39 Å². The van der Waals surface area contributed by atoms with Crippen molar-refractivity contribution < 1.29 is 17.6 Å². The van der Waals surface area contributed by atoms with Gasteiger partial charge in [-0.2, -0.15) is 0 Å². The molecule has 1 aromatic rings. The second kappa shape index (κ2) is 8.37. The maximum atomic E-state index is 13.5. The fraction of sp³-hybridized carbons (Fsp3) is 0.533. The number of carbonyl (C=O) groups is 1. The minimum atomic E-state index is -3.98. The lowest BCUT2D eigenvalue weighted by molar-refractivity contribution is -0.122. The molecule has 0 aromatic heterocycles. The summed E-state index contributed by atoms with van der Waals surface area (Å²) in [5, 5.41) is 2.84. The highest BCUT2D eigenvalue weighted by Crippen LogP contribution is 2.14. The minimum absolute atomic E-state index is 0.0462. The van der Waals surface area contributed by atoms with Crippen molar-refractivity contribution in [1.82, 2.24) is 10.0 Å². The van der Waals surface area contributed by atoms with Crippen LogP contribution in [0.2, 0.25) is 0 Å². The molecule has 4 N–H and O–H groups in total. The third-order valence-electron chi connectivity index (χ3n) is 3.92. The van der Waals surface area contributed by atoms with Crippen LogP contribution in [0.15, 0.2) is 29.2 Å². The Labute approximate surface area is 136 Å². The van der Waals surface area contributed by atoms with Crippen molar-refractivity contribution in [3.63, 3.8) is 0 Å². The molecule has 0 heterocycles. The monoisotopic (exact) mass is 345 g/mol. The summed E-state index contributed by atoms with van der Waals surface area (Å²) < 4.78 is 39.7. The van der Waals surface area contributed by atoms with Gasteiger partial charge in [-0.15, -0.1) is 0 Å². The van der Waals surface area contributed by atoms with E-state index in [-0.39, 0.29) is 18.9 Å². The van der Waals surface area contributed by atoms with Gasteiger partial charge in [-0.25, -0.2) is 17.5 Å². The number of hydrogen-bond donors (Lipinski definition) is 3. The summed E-state index contributed by atoms with van der Waals surface area (Å²) in [4.78, 5) is 11.5. The number of rotatable bonds is 9. The van der Waals surface area contributed by atoms with E-state index in [4.69, 9.17) is 5.73 Å². The molecule has 0 aliphatic rings. The summed E-state index contributed by atoms with van der Waals surface area (Å²) in [6, 6.07) is 5.08. The Hall–Kier alpha value is -1.51. The molecule has 1 rings (SSSR count). The van der Waals surface area contributed by atoms with E-state index in [2.05, 4.69) is 10.0 Å². The van der Waals surface area contributed by atoms with Gasteiger partial charge in [-0.3, -0.25) is 4.79 Å².